The van der Waals surface area contributed by atoms with Crippen molar-refractivity contribution in [1.29, 1.82) is 0 Å². The summed E-state index contributed by atoms with van der Waals surface area (Å²) in [5, 5.41) is 3.81. The third-order valence-corrected chi connectivity index (χ3v) is 2.37. The van der Waals surface area contributed by atoms with Crippen LogP contribution in [-0.2, 0) is 4.74 Å². The Bertz CT molecular complexity index is 475. The van der Waals surface area contributed by atoms with E-state index in [1.807, 2.05) is 32.0 Å². The van der Waals surface area contributed by atoms with Gasteiger partial charge in [-0.25, -0.2) is 10.2 Å². The number of rotatable bonds is 8. The second-order valence-electron chi connectivity index (χ2n) is 4.08. The smallest absolute Gasteiger partial charge is 0.427 e. The number of nitrogens with zero attached hydrogens (tertiary/aromatic N) is 1. The standard InChI is InChI=1S/C15H22N2O4/c1-4-9-21-13-8-7-12(10-14(13)19-5-2)11-16-17-15(18)20-6-3/h7-8,10-11H,4-6,9H2,1-3H3,(H,17,18)/b16-11-. The van der Waals surface area contributed by atoms with Gasteiger partial charge in [0.2, 0.25) is 0 Å². The fraction of sp³-hybridized carbons (Fsp3) is 0.467. The predicted octanol–water partition coefficient (Wildman–Crippen LogP) is 2.95. The fourth-order valence-electron chi connectivity index (χ4n) is 1.53. The molecule has 0 heterocycles. The van der Waals surface area contributed by atoms with E-state index >= 15 is 0 Å². The molecule has 0 aromatic heterocycles. The molecule has 1 aromatic carbocycles. The van der Waals surface area contributed by atoms with E-state index in [0.29, 0.717) is 31.3 Å². The molecule has 0 atom stereocenters. The lowest BCUT2D eigenvalue weighted by molar-refractivity contribution is 0.152. The number of carbonyl (C=O) groups excluding carboxylic acids is 1. The number of benzene rings is 1. The molecular weight excluding hydrogens is 272 g/mol. The van der Waals surface area contributed by atoms with Gasteiger partial charge in [-0.15, -0.1) is 0 Å². The molecule has 0 bridgehead atoms. The van der Waals surface area contributed by atoms with Crippen LogP contribution in [0.3, 0.4) is 0 Å². The van der Waals surface area contributed by atoms with Crippen LogP contribution in [0.5, 0.6) is 11.5 Å². The molecule has 0 saturated carbocycles. The van der Waals surface area contributed by atoms with Crippen molar-refractivity contribution in [2.24, 2.45) is 5.10 Å². The van der Waals surface area contributed by atoms with Crippen LogP contribution < -0.4 is 14.9 Å². The maximum Gasteiger partial charge on any atom is 0.427 e. The maximum atomic E-state index is 11.1. The van der Waals surface area contributed by atoms with Crippen LogP contribution >= 0.6 is 0 Å². The quantitative estimate of drug-likeness (QED) is 0.591. The summed E-state index contributed by atoms with van der Waals surface area (Å²) in [6.07, 6.45) is 1.86. The van der Waals surface area contributed by atoms with E-state index in [1.54, 1.807) is 6.92 Å². The Hall–Kier alpha value is -2.24. The van der Waals surface area contributed by atoms with Crippen molar-refractivity contribution in [3.8, 4) is 11.5 Å². The molecule has 0 radical (unpaired) electrons. The fourth-order valence-corrected chi connectivity index (χ4v) is 1.53. The summed E-state index contributed by atoms with van der Waals surface area (Å²) >= 11 is 0. The van der Waals surface area contributed by atoms with E-state index in [0.717, 1.165) is 12.0 Å². The van der Waals surface area contributed by atoms with Gasteiger partial charge in [-0.1, -0.05) is 6.92 Å². The Kier molecular flexibility index (Phi) is 7.71. The van der Waals surface area contributed by atoms with E-state index in [2.05, 4.69) is 10.5 Å². The third kappa shape index (κ3) is 6.16. The molecule has 0 aliphatic heterocycles. The number of nitrogens with one attached hydrogen (secondary N) is 1. The lowest BCUT2D eigenvalue weighted by Gasteiger charge is -2.11. The number of hydrogen-bond donors (Lipinski definition) is 1. The number of ether oxygens (including phenoxy) is 3. The normalized spacial score (nSPS) is 10.4. The SMILES string of the molecule is CCCOc1ccc(/C=N\NC(=O)OCC)cc1OCC. The molecule has 6 nitrogen and oxygen atoms in total. The zero-order valence-electron chi connectivity index (χ0n) is 12.7. The minimum absolute atomic E-state index is 0.305. The van der Waals surface area contributed by atoms with Gasteiger partial charge in [0.25, 0.3) is 0 Å². The first-order chi connectivity index (χ1) is 10.2. The van der Waals surface area contributed by atoms with Crippen LogP contribution in [-0.4, -0.2) is 32.1 Å². The van der Waals surface area contributed by atoms with E-state index in [-0.39, 0.29) is 0 Å². The monoisotopic (exact) mass is 294 g/mol. The molecule has 0 saturated heterocycles. The first-order valence-corrected chi connectivity index (χ1v) is 7.06. The lowest BCUT2D eigenvalue weighted by atomic mass is 10.2. The van der Waals surface area contributed by atoms with Crippen molar-refractivity contribution in [3.63, 3.8) is 0 Å². The molecular formula is C15H22N2O4. The number of hydrazone groups is 1. The highest BCUT2D eigenvalue weighted by molar-refractivity contribution is 5.82. The molecule has 21 heavy (non-hydrogen) atoms. The van der Waals surface area contributed by atoms with Gasteiger partial charge in [-0.3, -0.25) is 0 Å². The first-order valence-electron chi connectivity index (χ1n) is 7.06. The molecule has 0 fully saturated rings. The minimum atomic E-state index is -0.582. The summed E-state index contributed by atoms with van der Waals surface area (Å²) in [6.45, 7) is 7.17. The Morgan fingerprint density at radius 1 is 1.19 bits per heavy atom. The van der Waals surface area contributed by atoms with Gasteiger partial charge >= 0.3 is 6.09 Å². The topological polar surface area (TPSA) is 69.2 Å². The van der Waals surface area contributed by atoms with Gasteiger partial charge in [0.05, 0.1) is 26.0 Å². The van der Waals surface area contributed by atoms with Gasteiger partial charge in [0, 0.05) is 0 Å². The second-order valence-corrected chi connectivity index (χ2v) is 4.08. The summed E-state index contributed by atoms with van der Waals surface area (Å²) in [5.41, 5.74) is 3.06. The van der Waals surface area contributed by atoms with E-state index in [1.165, 1.54) is 6.21 Å². The number of carbonyl (C=O) groups is 1. The zero-order chi connectivity index (χ0) is 15.5. The molecule has 1 aromatic rings. The summed E-state index contributed by atoms with van der Waals surface area (Å²) < 4.78 is 15.8. The lowest BCUT2D eigenvalue weighted by Crippen LogP contribution is -2.18. The average Bonchev–Trinajstić information content (AvgIpc) is 2.47. The van der Waals surface area contributed by atoms with Crippen molar-refractivity contribution in [3.05, 3.63) is 23.8 Å². The largest absolute Gasteiger partial charge is 0.490 e. The molecule has 0 unspecified atom stereocenters. The van der Waals surface area contributed by atoms with Crippen molar-refractivity contribution >= 4 is 12.3 Å². The van der Waals surface area contributed by atoms with Gasteiger partial charge in [0.15, 0.2) is 11.5 Å². The zero-order valence-corrected chi connectivity index (χ0v) is 12.7. The maximum absolute atomic E-state index is 11.1. The Morgan fingerprint density at radius 2 is 2.00 bits per heavy atom. The van der Waals surface area contributed by atoms with Crippen molar-refractivity contribution < 1.29 is 19.0 Å². The molecule has 1 rings (SSSR count). The molecule has 0 spiro atoms. The summed E-state index contributed by atoms with van der Waals surface area (Å²) in [4.78, 5) is 11.1. The van der Waals surface area contributed by atoms with Crippen LogP contribution in [0.1, 0.15) is 32.8 Å². The summed E-state index contributed by atoms with van der Waals surface area (Å²) in [6, 6.07) is 5.47. The predicted molar refractivity (Wildman–Crippen MR) is 81.1 cm³/mol. The molecule has 1 N–H and O–H groups in total. The Morgan fingerprint density at radius 3 is 2.67 bits per heavy atom. The third-order valence-electron chi connectivity index (χ3n) is 2.37. The van der Waals surface area contributed by atoms with Crippen molar-refractivity contribution in [2.75, 3.05) is 19.8 Å². The van der Waals surface area contributed by atoms with Gasteiger partial charge in [-0.2, -0.15) is 5.10 Å². The average molecular weight is 294 g/mol. The van der Waals surface area contributed by atoms with Crippen LogP contribution in [0.2, 0.25) is 0 Å². The molecule has 6 heteroatoms. The number of hydrogen-bond acceptors (Lipinski definition) is 5. The van der Waals surface area contributed by atoms with E-state index in [9.17, 15) is 4.79 Å². The van der Waals surface area contributed by atoms with Gasteiger partial charge < -0.3 is 14.2 Å². The minimum Gasteiger partial charge on any atom is -0.490 e. The van der Waals surface area contributed by atoms with E-state index < -0.39 is 6.09 Å². The highest BCUT2D eigenvalue weighted by Crippen LogP contribution is 2.28. The van der Waals surface area contributed by atoms with Crippen LogP contribution in [0.25, 0.3) is 0 Å². The van der Waals surface area contributed by atoms with Crippen molar-refractivity contribution in [1.82, 2.24) is 5.43 Å². The van der Waals surface area contributed by atoms with E-state index in [4.69, 9.17) is 14.2 Å². The summed E-state index contributed by atoms with van der Waals surface area (Å²) in [5.74, 6) is 1.36. The van der Waals surface area contributed by atoms with Crippen LogP contribution in [0, 0.1) is 0 Å². The van der Waals surface area contributed by atoms with Crippen LogP contribution in [0.4, 0.5) is 4.79 Å². The molecule has 0 aliphatic rings. The highest BCUT2D eigenvalue weighted by Gasteiger charge is 2.05. The van der Waals surface area contributed by atoms with Crippen LogP contribution in [0.15, 0.2) is 23.3 Å². The van der Waals surface area contributed by atoms with Gasteiger partial charge in [0.1, 0.15) is 0 Å². The van der Waals surface area contributed by atoms with Gasteiger partial charge in [-0.05, 0) is 44.0 Å². The molecule has 1 amide bonds. The highest BCUT2D eigenvalue weighted by atomic mass is 16.5. The van der Waals surface area contributed by atoms with Crippen molar-refractivity contribution in [2.45, 2.75) is 27.2 Å². The first kappa shape index (κ1) is 16.8. The Labute approximate surface area is 125 Å². The molecule has 0 aliphatic carbocycles. The number of amides is 1. The molecule has 116 valence electrons. The Balaban J connectivity index is 2.72. The summed E-state index contributed by atoms with van der Waals surface area (Å²) in [7, 11) is 0. The second kappa shape index (κ2) is 9.63.